The fourth-order valence-electron chi connectivity index (χ4n) is 1.28. The van der Waals surface area contributed by atoms with Gasteiger partial charge < -0.3 is 25.5 Å². The van der Waals surface area contributed by atoms with Gasteiger partial charge in [0.25, 0.3) is 0 Å². The first-order chi connectivity index (χ1) is 8.95. The molecule has 1 heterocycles. The fraction of sp³-hybridized carbons (Fsp3) is 0.455. The summed E-state index contributed by atoms with van der Waals surface area (Å²) in [7, 11) is 0. The molecule has 0 spiro atoms. The van der Waals surface area contributed by atoms with Crippen molar-refractivity contribution in [1.82, 2.24) is 4.73 Å². The van der Waals surface area contributed by atoms with Gasteiger partial charge in [-0.1, -0.05) is 0 Å². The summed E-state index contributed by atoms with van der Waals surface area (Å²) >= 11 is 0. The van der Waals surface area contributed by atoms with E-state index in [-0.39, 0.29) is 19.4 Å². The smallest absolute Gasteiger partial charge is 0.333 e. The molecular weight excluding hydrogens is 256 g/mol. The van der Waals surface area contributed by atoms with Crippen molar-refractivity contribution in [3.05, 3.63) is 12.1 Å². The molecule has 0 unspecified atom stereocenters. The predicted octanol–water partition coefficient (Wildman–Crippen LogP) is -0.475. The molecule has 1 aromatic rings. The van der Waals surface area contributed by atoms with Crippen LogP contribution < -0.4 is 10.6 Å². The Labute approximate surface area is 109 Å². The second-order valence-corrected chi connectivity index (χ2v) is 3.70. The first-order valence-electron chi connectivity index (χ1n) is 5.68. The van der Waals surface area contributed by atoms with Crippen LogP contribution in [0.3, 0.4) is 0 Å². The van der Waals surface area contributed by atoms with Gasteiger partial charge in [0.05, 0.1) is 13.0 Å². The van der Waals surface area contributed by atoms with E-state index in [9.17, 15) is 19.8 Å². The maximum absolute atomic E-state index is 11.4. The van der Waals surface area contributed by atoms with Crippen molar-refractivity contribution in [3.8, 4) is 11.8 Å². The van der Waals surface area contributed by atoms with Crippen LogP contribution in [-0.4, -0.2) is 39.5 Å². The van der Waals surface area contributed by atoms with Crippen molar-refractivity contribution in [2.24, 2.45) is 5.73 Å². The first-order valence-corrected chi connectivity index (χ1v) is 5.68. The van der Waals surface area contributed by atoms with Gasteiger partial charge in [0.1, 0.15) is 6.04 Å². The number of carbonyl (C=O) groups excluding carboxylic acids is 2. The maximum Gasteiger partial charge on any atom is 0.333 e. The summed E-state index contributed by atoms with van der Waals surface area (Å²) in [5, 5.41) is 18.5. The van der Waals surface area contributed by atoms with Crippen molar-refractivity contribution in [3.63, 3.8) is 0 Å². The lowest BCUT2D eigenvalue weighted by Crippen LogP contribution is -2.33. The van der Waals surface area contributed by atoms with E-state index < -0.39 is 29.7 Å². The molecule has 0 saturated heterocycles. The Morgan fingerprint density at radius 3 is 2.47 bits per heavy atom. The van der Waals surface area contributed by atoms with Crippen LogP contribution in [0, 0.1) is 0 Å². The van der Waals surface area contributed by atoms with Gasteiger partial charge in [-0.2, -0.15) is 0 Å². The average molecular weight is 272 g/mol. The van der Waals surface area contributed by atoms with Crippen LogP contribution in [0.4, 0.5) is 0 Å². The molecule has 0 aliphatic carbocycles. The molecule has 1 atom stereocenters. The highest BCUT2D eigenvalue weighted by molar-refractivity contribution is 5.77. The number of ether oxygens (including phenoxy) is 1. The van der Waals surface area contributed by atoms with E-state index in [2.05, 4.69) is 9.57 Å². The molecular formula is C11H16N2O6. The van der Waals surface area contributed by atoms with Gasteiger partial charge in [0, 0.05) is 12.1 Å². The van der Waals surface area contributed by atoms with Gasteiger partial charge in [0.2, 0.25) is 11.8 Å². The van der Waals surface area contributed by atoms with E-state index in [1.54, 1.807) is 6.92 Å². The van der Waals surface area contributed by atoms with Crippen LogP contribution in [0.15, 0.2) is 12.1 Å². The van der Waals surface area contributed by atoms with E-state index in [0.29, 0.717) is 4.73 Å². The molecule has 1 rings (SSSR count). The zero-order chi connectivity index (χ0) is 14.4. The molecule has 0 radical (unpaired) electrons. The summed E-state index contributed by atoms with van der Waals surface area (Å²) in [5.74, 6) is -2.18. The minimum Gasteiger partial charge on any atom is -0.492 e. The van der Waals surface area contributed by atoms with Gasteiger partial charge in [-0.3, -0.25) is 4.79 Å². The number of nitrogens with zero attached hydrogens (tertiary/aromatic N) is 1. The highest BCUT2D eigenvalue weighted by Gasteiger charge is 2.18. The molecule has 0 aromatic carbocycles. The Kier molecular flexibility index (Phi) is 5.19. The number of aromatic nitrogens is 1. The molecule has 1 aromatic heterocycles. The molecule has 0 aliphatic rings. The Morgan fingerprint density at radius 2 is 1.95 bits per heavy atom. The highest BCUT2D eigenvalue weighted by atomic mass is 16.7. The van der Waals surface area contributed by atoms with Crippen molar-refractivity contribution in [1.29, 1.82) is 0 Å². The SMILES string of the molecule is CCOC(=O)[C@@H](N)CCC(=O)On1c(O)ccc1O. The summed E-state index contributed by atoms with van der Waals surface area (Å²) < 4.78 is 5.25. The van der Waals surface area contributed by atoms with Gasteiger partial charge >= 0.3 is 11.9 Å². The molecule has 4 N–H and O–H groups in total. The van der Waals surface area contributed by atoms with Crippen LogP contribution in [0.5, 0.6) is 11.8 Å². The third-order valence-electron chi connectivity index (χ3n) is 2.24. The molecule has 0 bridgehead atoms. The molecule has 0 aliphatic heterocycles. The third-order valence-corrected chi connectivity index (χ3v) is 2.24. The number of rotatable bonds is 6. The summed E-state index contributed by atoms with van der Waals surface area (Å²) in [4.78, 5) is 27.3. The van der Waals surface area contributed by atoms with Crippen LogP contribution >= 0.6 is 0 Å². The van der Waals surface area contributed by atoms with Gasteiger partial charge in [-0.05, 0) is 13.3 Å². The van der Waals surface area contributed by atoms with E-state index >= 15 is 0 Å². The highest BCUT2D eigenvalue weighted by Crippen LogP contribution is 2.18. The molecule has 8 nitrogen and oxygen atoms in total. The number of nitrogens with two attached hydrogens (primary N) is 1. The molecule has 0 fully saturated rings. The topological polar surface area (TPSA) is 124 Å². The average Bonchev–Trinajstić information content (AvgIpc) is 2.68. The molecule has 106 valence electrons. The number of hydrogen-bond acceptors (Lipinski definition) is 7. The summed E-state index contributed by atoms with van der Waals surface area (Å²) in [6.45, 7) is 1.86. The molecule has 8 heteroatoms. The summed E-state index contributed by atoms with van der Waals surface area (Å²) in [6.07, 6.45) is -0.114. The van der Waals surface area contributed by atoms with Gasteiger partial charge in [-0.25, -0.2) is 4.79 Å². The lowest BCUT2D eigenvalue weighted by atomic mass is 10.2. The maximum atomic E-state index is 11.4. The van der Waals surface area contributed by atoms with Gasteiger partial charge in [0.15, 0.2) is 0 Å². The lowest BCUT2D eigenvalue weighted by molar-refractivity contribution is -0.147. The second kappa shape index (κ2) is 6.64. The van der Waals surface area contributed by atoms with Crippen molar-refractivity contribution >= 4 is 11.9 Å². The number of aromatic hydroxyl groups is 2. The molecule has 0 saturated carbocycles. The minimum absolute atomic E-state index is 0.0421. The summed E-state index contributed by atoms with van der Waals surface area (Å²) in [6, 6.07) is 1.40. The lowest BCUT2D eigenvalue weighted by Gasteiger charge is -2.10. The van der Waals surface area contributed by atoms with Crippen LogP contribution in [-0.2, 0) is 14.3 Å². The number of esters is 1. The number of hydrogen-bond donors (Lipinski definition) is 3. The second-order valence-electron chi connectivity index (χ2n) is 3.70. The standard InChI is InChI=1S/C11H16N2O6/c1-2-18-11(17)7(12)3-6-10(16)19-13-8(14)4-5-9(13)15/h4-5,7,14-15H,2-3,6,12H2,1H3/t7-/m0/s1. The number of carbonyl (C=O) groups is 2. The largest absolute Gasteiger partial charge is 0.492 e. The van der Waals surface area contributed by atoms with Crippen molar-refractivity contribution < 1.29 is 29.4 Å². The predicted molar refractivity (Wildman–Crippen MR) is 63.2 cm³/mol. The third kappa shape index (κ3) is 4.18. The van der Waals surface area contributed by atoms with Crippen LogP contribution in [0.2, 0.25) is 0 Å². The zero-order valence-corrected chi connectivity index (χ0v) is 10.4. The van der Waals surface area contributed by atoms with Crippen molar-refractivity contribution in [2.45, 2.75) is 25.8 Å². The van der Waals surface area contributed by atoms with E-state index in [1.807, 2.05) is 0 Å². The van der Waals surface area contributed by atoms with E-state index in [4.69, 9.17) is 5.73 Å². The Morgan fingerprint density at radius 1 is 1.37 bits per heavy atom. The quantitative estimate of drug-likeness (QED) is 0.598. The minimum atomic E-state index is -0.917. The Balaban J connectivity index is 2.42. The van der Waals surface area contributed by atoms with Crippen LogP contribution in [0.25, 0.3) is 0 Å². The van der Waals surface area contributed by atoms with Crippen molar-refractivity contribution in [2.75, 3.05) is 6.61 Å². The summed E-state index contributed by atoms with van der Waals surface area (Å²) in [5.41, 5.74) is 5.50. The first kappa shape index (κ1) is 14.8. The Hall–Kier alpha value is -2.22. The molecule has 0 amide bonds. The molecule has 19 heavy (non-hydrogen) atoms. The Bertz CT molecular complexity index is 437. The van der Waals surface area contributed by atoms with Crippen LogP contribution in [0.1, 0.15) is 19.8 Å². The van der Waals surface area contributed by atoms with E-state index in [1.165, 1.54) is 0 Å². The van der Waals surface area contributed by atoms with Gasteiger partial charge in [-0.15, -0.1) is 4.73 Å². The fourth-order valence-corrected chi connectivity index (χ4v) is 1.28. The zero-order valence-electron chi connectivity index (χ0n) is 10.4. The monoisotopic (exact) mass is 272 g/mol. The van der Waals surface area contributed by atoms with E-state index in [0.717, 1.165) is 12.1 Å². The normalized spacial score (nSPS) is 11.9.